The SMILES string of the molecule is CC(C)C[C@@H]1CCN(C(=O)OCc2ccccc2)[C@@H](C(=O)O)C1. The summed E-state index contributed by atoms with van der Waals surface area (Å²) >= 11 is 0. The summed E-state index contributed by atoms with van der Waals surface area (Å²) in [4.78, 5) is 25.1. The number of hydrogen-bond donors (Lipinski definition) is 1. The van der Waals surface area contributed by atoms with Crippen LogP contribution in [0.5, 0.6) is 0 Å². The number of benzene rings is 1. The fourth-order valence-corrected chi connectivity index (χ4v) is 3.17. The molecule has 23 heavy (non-hydrogen) atoms. The zero-order valence-corrected chi connectivity index (χ0v) is 13.8. The van der Waals surface area contributed by atoms with Crippen LogP contribution in [0.4, 0.5) is 4.79 Å². The number of likely N-dealkylation sites (tertiary alicyclic amines) is 1. The van der Waals surface area contributed by atoms with Gasteiger partial charge in [0.05, 0.1) is 0 Å². The van der Waals surface area contributed by atoms with Gasteiger partial charge in [-0.25, -0.2) is 9.59 Å². The Balaban J connectivity index is 1.94. The molecular weight excluding hydrogens is 294 g/mol. The van der Waals surface area contributed by atoms with E-state index in [9.17, 15) is 14.7 Å². The van der Waals surface area contributed by atoms with Gasteiger partial charge >= 0.3 is 12.1 Å². The van der Waals surface area contributed by atoms with Crippen LogP contribution in [-0.4, -0.2) is 34.7 Å². The van der Waals surface area contributed by atoms with Gasteiger partial charge in [-0.05, 0) is 36.7 Å². The Morgan fingerprint density at radius 3 is 2.61 bits per heavy atom. The summed E-state index contributed by atoms with van der Waals surface area (Å²) in [6, 6.07) is 8.61. The van der Waals surface area contributed by atoms with E-state index in [0.29, 0.717) is 24.8 Å². The van der Waals surface area contributed by atoms with Crippen molar-refractivity contribution in [3.63, 3.8) is 0 Å². The van der Waals surface area contributed by atoms with Gasteiger partial charge in [-0.1, -0.05) is 44.2 Å². The molecule has 0 spiro atoms. The molecule has 1 amide bonds. The molecular formula is C18H25NO4. The van der Waals surface area contributed by atoms with Crippen molar-refractivity contribution in [3.05, 3.63) is 35.9 Å². The first kappa shape index (κ1) is 17.3. The van der Waals surface area contributed by atoms with Gasteiger partial charge < -0.3 is 9.84 Å². The normalized spacial score (nSPS) is 21.3. The summed E-state index contributed by atoms with van der Waals surface area (Å²) in [6.07, 6.45) is 1.80. The average Bonchev–Trinajstić information content (AvgIpc) is 2.53. The molecule has 1 aliphatic rings. The highest BCUT2D eigenvalue weighted by atomic mass is 16.6. The summed E-state index contributed by atoms with van der Waals surface area (Å²) < 4.78 is 5.29. The number of carboxylic acid groups (broad SMARTS) is 1. The number of piperidine rings is 1. The van der Waals surface area contributed by atoms with E-state index in [0.717, 1.165) is 18.4 Å². The predicted octanol–water partition coefficient (Wildman–Crippen LogP) is 3.53. The van der Waals surface area contributed by atoms with Gasteiger partial charge in [0, 0.05) is 6.54 Å². The minimum Gasteiger partial charge on any atom is -0.480 e. The lowest BCUT2D eigenvalue weighted by atomic mass is 9.85. The van der Waals surface area contributed by atoms with E-state index in [1.165, 1.54) is 4.90 Å². The smallest absolute Gasteiger partial charge is 0.410 e. The summed E-state index contributed by atoms with van der Waals surface area (Å²) in [6.45, 7) is 4.88. The van der Waals surface area contributed by atoms with Crippen LogP contribution < -0.4 is 0 Å². The number of nitrogens with zero attached hydrogens (tertiary/aromatic N) is 1. The second kappa shape index (κ2) is 7.99. The third kappa shape index (κ3) is 4.98. The van der Waals surface area contributed by atoms with E-state index in [1.54, 1.807) is 0 Å². The first-order valence-corrected chi connectivity index (χ1v) is 8.17. The largest absolute Gasteiger partial charge is 0.480 e. The second-order valence-corrected chi connectivity index (χ2v) is 6.61. The van der Waals surface area contributed by atoms with Gasteiger partial charge in [0.25, 0.3) is 0 Å². The predicted molar refractivity (Wildman–Crippen MR) is 86.9 cm³/mol. The van der Waals surface area contributed by atoms with E-state index in [-0.39, 0.29) is 6.61 Å². The van der Waals surface area contributed by atoms with E-state index in [1.807, 2.05) is 30.3 Å². The number of amides is 1. The Labute approximate surface area is 137 Å². The number of ether oxygens (including phenoxy) is 1. The lowest BCUT2D eigenvalue weighted by Crippen LogP contribution is -2.50. The van der Waals surface area contributed by atoms with Crippen LogP contribution in [0.25, 0.3) is 0 Å². The molecule has 0 aromatic heterocycles. The number of carbonyl (C=O) groups is 2. The molecule has 2 atom stereocenters. The molecule has 5 nitrogen and oxygen atoms in total. The maximum atomic E-state index is 12.3. The number of hydrogen-bond acceptors (Lipinski definition) is 3. The maximum absolute atomic E-state index is 12.3. The molecule has 1 aromatic rings. The Morgan fingerprint density at radius 2 is 2.00 bits per heavy atom. The maximum Gasteiger partial charge on any atom is 0.410 e. The van der Waals surface area contributed by atoms with Crippen molar-refractivity contribution in [1.29, 1.82) is 0 Å². The Morgan fingerprint density at radius 1 is 1.30 bits per heavy atom. The topological polar surface area (TPSA) is 66.8 Å². The van der Waals surface area contributed by atoms with Gasteiger partial charge in [0.2, 0.25) is 0 Å². The molecule has 1 aliphatic heterocycles. The van der Waals surface area contributed by atoms with Crippen molar-refractivity contribution in [2.24, 2.45) is 11.8 Å². The van der Waals surface area contributed by atoms with Gasteiger partial charge in [0.15, 0.2) is 0 Å². The standard InChI is InChI=1S/C18H25NO4/c1-13(2)10-15-8-9-19(16(11-15)17(20)21)18(22)23-12-14-6-4-3-5-7-14/h3-7,13,15-16H,8-12H2,1-2H3,(H,20,21)/t15-,16+/m0/s1. The third-order valence-corrected chi connectivity index (χ3v) is 4.24. The highest BCUT2D eigenvalue weighted by molar-refractivity contribution is 5.80. The summed E-state index contributed by atoms with van der Waals surface area (Å²) in [5, 5.41) is 9.45. The molecule has 5 heteroatoms. The first-order chi connectivity index (χ1) is 11.0. The lowest BCUT2D eigenvalue weighted by Gasteiger charge is -2.37. The van der Waals surface area contributed by atoms with Crippen molar-refractivity contribution >= 4 is 12.1 Å². The van der Waals surface area contributed by atoms with Gasteiger partial charge in [-0.2, -0.15) is 0 Å². The number of aliphatic carboxylic acids is 1. The zero-order chi connectivity index (χ0) is 16.8. The molecule has 1 N–H and O–H groups in total. The Hall–Kier alpha value is -2.04. The highest BCUT2D eigenvalue weighted by Crippen LogP contribution is 2.29. The summed E-state index contributed by atoms with van der Waals surface area (Å²) in [5.74, 6) is -0.0598. The van der Waals surface area contributed by atoms with E-state index in [2.05, 4.69) is 13.8 Å². The van der Waals surface area contributed by atoms with Crippen LogP contribution in [0.15, 0.2) is 30.3 Å². The average molecular weight is 319 g/mol. The summed E-state index contributed by atoms with van der Waals surface area (Å²) in [5.41, 5.74) is 0.891. The molecule has 2 rings (SSSR count). The zero-order valence-electron chi connectivity index (χ0n) is 13.8. The van der Waals surface area contributed by atoms with Gasteiger partial charge in [-0.3, -0.25) is 4.90 Å². The molecule has 126 valence electrons. The fraction of sp³-hybridized carbons (Fsp3) is 0.556. The molecule has 1 heterocycles. The highest BCUT2D eigenvalue weighted by Gasteiger charge is 2.37. The molecule has 0 unspecified atom stereocenters. The first-order valence-electron chi connectivity index (χ1n) is 8.17. The van der Waals surface area contributed by atoms with Crippen LogP contribution in [0.2, 0.25) is 0 Å². The van der Waals surface area contributed by atoms with Gasteiger partial charge in [-0.15, -0.1) is 0 Å². The third-order valence-electron chi connectivity index (χ3n) is 4.24. The van der Waals surface area contributed by atoms with Crippen LogP contribution in [-0.2, 0) is 16.1 Å². The minimum atomic E-state index is -0.949. The molecule has 0 radical (unpaired) electrons. The number of rotatable bonds is 5. The van der Waals surface area contributed by atoms with Gasteiger partial charge in [0.1, 0.15) is 12.6 Å². The minimum absolute atomic E-state index is 0.165. The quantitative estimate of drug-likeness (QED) is 0.901. The van der Waals surface area contributed by atoms with Crippen LogP contribution >= 0.6 is 0 Å². The number of carbonyl (C=O) groups excluding carboxylic acids is 1. The van der Waals surface area contributed by atoms with E-state index >= 15 is 0 Å². The Kier molecular flexibility index (Phi) is 6.02. The van der Waals surface area contributed by atoms with Crippen molar-refractivity contribution in [1.82, 2.24) is 4.90 Å². The molecule has 0 bridgehead atoms. The molecule has 1 saturated heterocycles. The number of carboxylic acids is 1. The van der Waals surface area contributed by atoms with E-state index < -0.39 is 18.1 Å². The van der Waals surface area contributed by atoms with Crippen molar-refractivity contribution in [2.75, 3.05) is 6.54 Å². The fourth-order valence-electron chi connectivity index (χ4n) is 3.17. The molecule has 1 fully saturated rings. The summed E-state index contributed by atoms with van der Waals surface area (Å²) in [7, 11) is 0. The Bertz CT molecular complexity index is 529. The molecule has 1 aromatic carbocycles. The second-order valence-electron chi connectivity index (χ2n) is 6.61. The lowest BCUT2D eigenvalue weighted by molar-refractivity contribution is -0.144. The van der Waals surface area contributed by atoms with Crippen molar-refractivity contribution < 1.29 is 19.4 Å². The molecule has 0 aliphatic carbocycles. The van der Waals surface area contributed by atoms with Crippen molar-refractivity contribution in [3.8, 4) is 0 Å². The van der Waals surface area contributed by atoms with Crippen molar-refractivity contribution in [2.45, 2.75) is 45.8 Å². The van der Waals surface area contributed by atoms with Crippen LogP contribution in [0.3, 0.4) is 0 Å². The van der Waals surface area contributed by atoms with Crippen LogP contribution in [0, 0.1) is 11.8 Å². The molecule has 0 saturated carbocycles. The van der Waals surface area contributed by atoms with E-state index in [4.69, 9.17) is 4.74 Å². The monoisotopic (exact) mass is 319 g/mol. The van der Waals surface area contributed by atoms with Crippen LogP contribution in [0.1, 0.15) is 38.7 Å².